The fraction of sp³-hybridized carbons (Fsp3) is 0.269. The van der Waals surface area contributed by atoms with Crippen LogP contribution in [0.15, 0.2) is 66.9 Å². The van der Waals surface area contributed by atoms with Crippen LogP contribution in [0.2, 0.25) is 0 Å². The second-order valence-electron chi connectivity index (χ2n) is 8.60. The van der Waals surface area contributed by atoms with Crippen LogP contribution in [0.5, 0.6) is 0 Å². The van der Waals surface area contributed by atoms with E-state index in [9.17, 15) is 4.79 Å². The monoisotopic (exact) mass is 425 g/mol. The minimum absolute atomic E-state index is 0.137. The van der Waals surface area contributed by atoms with Gasteiger partial charge in [-0.15, -0.1) is 5.10 Å². The molecule has 0 spiro atoms. The number of carbonyl (C=O) groups excluding carboxylic acids is 1. The quantitative estimate of drug-likeness (QED) is 0.413. The van der Waals surface area contributed by atoms with E-state index < -0.39 is 0 Å². The Kier molecular flexibility index (Phi) is 5.45. The standard InChI is InChI=1S/C26H27N5O/c1-3-24(32)21-10-12-22(13-11-21)27-26-28-25-23(5-4-14-31(25)29-26)20-8-6-19(7-9-20)17-30-15-18(2)16-30/h4-14,18H,3,15-17H2,1-2H3,(H,27,29). The summed E-state index contributed by atoms with van der Waals surface area (Å²) in [7, 11) is 0. The number of hydrogen-bond donors (Lipinski definition) is 1. The van der Waals surface area contributed by atoms with Crippen molar-refractivity contribution in [1.82, 2.24) is 19.5 Å². The number of fused-ring (bicyclic) bond motifs is 1. The Hall–Kier alpha value is -3.51. The van der Waals surface area contributed by atoms with Crippen molar-refractivity contribution in [2.24, 2.45) is 5.92 Å². The van der Waals surface area contributed by atoms with Gasteiger partial charge in [0.2, 0.25) is 5.95 Å². The summed E-state index contributed by atoms with van der Waals surface area (Å²) in [6.45, 7) is 7.55. The van der Waals surface area contributed by atoms with Crippen LogP contribution in [0, 0.1) is 5.92 Å². The highest BCUT2D eigenvalue weighted by molar-refractivity contribution is 5.96. The van der Waals surface area contributed by atoms with Crippen molar-refractivity contribution >= 4 is 23.1 Å². The van der Waals surface area contributed by atoms with Gasteiger partial charge in [-0.2, -0.15) is 4.98 Å². The Bertz CT molecular complexity index is 1240. The molecule has 0 amide bonds. The van der Waals surface area contributed by atoms with E-state index in [0.717, 1.165) is 40.5 Å². The van der Waals surface area contributed by atoms with Gasteiger partial charge >= 0.3 is 0 Å². The molecule has 2 aromatic heterocycles. The molecule has 0 unspecified atom stereocenters. The van der Waals surface area contributed by atoms with Crippen molar-refractivity contribution in [1.29, 1.82) is 0 Å². The highest BCUT2D eigenvalue weighted by Gasteiger charge is 2.22. The van der Waals surface area contributed by atoms with Gasteiger partial charge in [0, 0.05) is 49.1 Å². The van der Waals surface area contributed by atoms with E-state index in [-0.39, 0.29) is 5.78 Å². The first-order valence-corrected chi connectivity index (χ1v) is 11.2. The van der Waals surface area contributed by atoms with Crippen LogP contribution >= 0.6 is 0 Å². The van der Waals surface area contributed by atoms with E-state index in [0.29, 0.717) is 12.4 Å². The Labute approximate surface area is 187 Å². The molecule has 0 radical (unpaired) electrons. The molecule has 1 aliphatic rings. The first-order valence-electron chi connectivity index (χ1n) is 11.2. The number of anilines is 2. The first-order chi connectivity index (χ1) is 15.6. The molecule has 162 valence electrons. The molecule has 2 aromatic carbocycles. The number of benzene rings is 2. The van der Waals surface area contributed by atoms with Gasteiger partial charge in [-0.1, -0.05) is 38.1 Å². The molecule has 6 nitrogen and oxygen atoms in total. The SMILES string of the molecule is CCC(=O)c1ccc(Nc2nc3c(-c4ccc(CN5CC(C)C5)cc4)cccn3n2)cc1. The zero-order valence-corrected chi connectivity index (χ0v) is 18.5. The Morgan fingerprint density at radius 3 is 2.50 bits per heavy atom. The molecule has 1 aliphatic heterocycles. The summed E-state index contributed by atoms with van der Waals surface area (Å²) in [6, 6.07) is 20.2. The van der Waals surface area contributed by atoms with Gasteiger partial charge < -0.3 is 5.32 Å². The van der Waals surface area contributed by atoms with Crippen molar-refractivity contribution in [3.63, 3.8) is 0 Å². The fourth-order valence-corrected chi connectivity index (χ4v) is 4.26. The summed E-state index contributed by atoms with van der Waals surface area (Å²) < 4.78 is 1.79. The fourth-order valence-electron chi connectivity index (χ4n) is 4.26. The van der Waals surface area contributed by atoms with Gasteiger partial charge in [-0.25, -0.2) is 4.52 Å². The van der Waals surface area contributed by atoms with Crippen LogP contribution < -0.4 is 5.32 Å². The number of aromatic nitrogens is 3. The number of nitrogens with zero attached hydrogens (tertiary/aromatic N) is 4. The second kappa shape index (κ2) is 8.55. The first kappa shape index (κ1) is 20.4. The zero-order valence-electron chi connectivity index (χ0n) is 18.5. The number of pyridine rings is 1. The minimum Gasteiger partial charge on any atom is -0.323 e. The maximum absolute atomic E-state index is 11.8. The molecule has 4 aromatic rings. The zero-order chi connectivity index (χ0) is 22.1. The van der Waals surface area contributed by atoms with E-state index in [1.165, 1.54) is 18.7 Å². The second-order valence-corrected chi connectivity index (χ2v) is 8.60. The van der Waals surface area contributed by atoms with Gasteiger partial charge in [0.05, 0.1) is 0 Å². The van der Waals surface area contributed by atoms with Crippen molar-refractivity contribution in [2.45, 2.75) is 26.8 Å². The summed E-state index contributed by atoms with van der Waals surface area (Å²) in [5, 5.41) is 7.81. The van der Waals surface area contributed by atoms with Crippen LogP contribution in [0.25, 0.3) is 16.8 Å². The molecule has 5 rings (SSSR count). The van der Waals surface area contributed by atoms with Crippen LogP contribution in [0.1, 0.15) is 36.2 Å². The molecule has 6 heteroatoms. The van der Waals surface area contributed by atoms with Gasteiger partial charge in [-0.05, 0) is 53.4 Å². The number of nitrogens with one attached hydrogen (secondary N) is 1. The summed E-state index contributed by atoms with van der Waals surface area (Å²) in [5.41, 5.74) is 5.87. The average Bonchev–Trinajstić information content (AvgIpc) is 3.21. The summed E-state index contributed by atoms with van der Waals surface area (Å²) in [4.78, 5) is 19.0. The van der Waals surface area contributed by atoms with Gasteiger partial charge in [0.15, 0.2) is 11.4 Å². The molecule has 0 bridgehead atoms. The number of carbonyl (C=O) groups is 1. The maximum Gasteiger partial charge on any atom is 0.247 e. The lowest BCUT2D eigenvalue weighted by Gasteiger charge is -2.37. The topological polar surface area (TPSA) is 62.5 Å². The van der Waals surface area contributed by atoms with Crippen LogP contribution in [0.4, 0.5) is 11.6 Å². The lowest BCUT2D eigenvalue weighted by Crippen LogP contribution is -2.44. The normalized spacial score (nSPS) is 14.4. The third kappa shape index (κ3) is 4.14. The highest BCUT2D eigenvalue weighted by atomic mass is 16.1. The Morgan fingerprint density at radius 1 is 1.06 bits per heavy atom. The van der Waals surface area contributed by atoms with Crippen molar-refractivity contribution < 1.29 is 4.79 Å². The maximum atomic E-state index is 11.8. The molecule has 1 saturated heterocycles. The van der Waals surface area contributed by atoms with E-state index in [1.54, 1.807) is 4.52 Å². The molecule has 0 atom stereocenters. The minimum atomic E-state index is 0.137. The lowest BCUT2D eigenvalue weighted by atomic mass is 10.0. The van der Waals surface area contributed by atoms with E-state index in [2.05, 4.69) is 52.6 Å². The molecule has 3 heterocycles. The number of ketones is 1. The summed E-state index contributed by atoms with van der Waals surface area (Å²) in [6.07, 6.45) is 2.40. The third-order valence-corrected chi connectivity index (χ3v) is 5.96. The predicted molar refractivity (Wildman–Crippen MR) is 127 cm³/mol. The molecule has 0 saturated carbocycles. The van der Waals surface area contributed by atoms with Crippen molar-refractivity contribution in [3.05, 3.63) is 78.0 Å². The summed E-state index contributed by atoms with van der Waals surface area (Å²) in [5.74, 6) is 1.48. The number of rotatable bonds is 7. The predicted octanol–water partition coefficient (Wildman–Crippen LogP) is 5.18. The van der Waals surface area contributed by atoms with Crippen molar-refractivity contribution in [2.75, 3.05) is 18.4 Å². The molecule has 0 aliphatic carbocycles. The average molecular weight is 426 g/mol. The van der Waals surface area contributed by atoms with Crippen LogP contribution in [0.3, 0.4) is 0 Å². The van der Waals surface area contributed by atoms with Crippen LogP contribution in [-0.2, 0) is 6.54 Å². The summed E-state index contributed by atoms with van der Waals surface area (Å²) >= 11 is 0. The van der Waals surface area contributed by atoms with E-state index in [1.807, 2.05) is 43.5 Å². The molecule has 32 heavy (non-hydrogen) atoms. The number of likely N-dealkylation sites (tertiary alicyclic amines) is 1. The van der Waals surface area contributed by atoms with Crippen LogP contribution in [-0.4, -0.2) is 38.4 Å². The van der Waals surface area contributed by atoms with Crippen molar-refractivity contribution in [3.8, 4) is 11.1 Å². The Balaban J connectivity index is 1.35. The van der Waals surface area contributed by atoms with Gasteiger partial charge in [-0.3, -0.25) is 9.69 Å². The third-order valence-electron chi connectivity index (χ3n) is 5.96. The largest absolute Gasteiger partial charge is 0.323 e. The van der Waals surface area contributed by atoms with E-state index in [4.69, 9.17) is 4.98 Å². The molecule has 1 fully saturated rings. The van der Waals surface area contributed by atoms with Gasteiger partial charge in [0.25, 0.3) is 0 Å². The number of hydrogen-bond acceptors (Lipinski definition) is 5. The molecule has 1 N–H and O–H groups in total. The van der Waals surface area contributed by atoms with Gasteiger partial charge in [0.1, 0.15) is 0 Å². The molecular formula is C26H27N5O. The number of Topliss-reactive ketones (excluding diaryl/α,β-unsaturated/α-hetero) is 1. The highest BCUT2D eigenvalue weighted by Crippen LogP contribution is 2.26. The smallest absolute Gasteiger partial charge is 0.247 e. The van der Waals surface area contributed by atoms with E-state index >= 15 is 0 Å². The lowest BCUT2D eigenvalue weighted by molar-refractivity contribution is 0.0988. The molecular weight excluding hydrogens is 398 g/mol. The Morgan fingerprint density at radius 2 is 1.81 bits per heavy atom.